The summed E-state index contributed by atoms with van der Waals surface area (Å²) in [4.78, 5) is 14.0. The van der Waals surface area contributed by atoms with Crippen molar-refractivity contribution in [2.24, 2.45) is 0 Å². The van der Waals surface area contributed by atoms with E-state index >= 15 is 0 Å². The van der Waals surface area contributed by atoms with Crippen molar-refractivity contribution in [1.82, 2.24) is 4.90 Å². The molecule has 4 heteroatoms. The van der Waals surface area contributed by atoms with Gasteiger partial charge in [0, 0.05) is 19.2 Å². The van der Waals surface area contributed by atoms with Gasteiger partial charge in [0.15, 0.2) is 11.5 Å². The molecule has 1 amide bonds. The molecule has 116 valence electrons. The lowest BCUT2D eigenvalue weighted by atomic mass is 10.2. The van der Waals surface area contributed by atoms with Crippen LogP contribution in [0.4, 0.5) is 0 Å². The number of hydrogen-bond acceptors (Lipinski definition) is 3. The van der Waals surface area contributed by atoms with Crippen LogP contribution in [0, 0.1) is 0 Å². The predicted octanol–water partition coefficient (Wildman–Crippen LogP) is 3.37. The number of amides is 1. The van der Waals surface area contributed by atoms with Crippen LogP contribution >= 0.6 is 0 Å². The standard InChI is InChI=1S/C17H25NO3/c1-5-11-18(12-6-2)17(19)10-8-14-7-9-15(20-3)16(13-14)21-4/h7-10,13H,5-6,11-12H2,1-4H3. The maximum Gasteiger partial charge on any atom is 0.246 e. The number of methoxy groups -OCH3 is 2. The summed E-state index contributed by atoms with van der Waals surface area (Å²) < 4.78 is 10.4. The van der Waals surface area contributed by atoms with E-state index in [4.69, 9.17) is 9.47 Å². The highest BCUT2D eigenvalue weighted by atomic mass is 16.5. The van der Waals surface area contributed by atoms with Crippen LogP contribution < -0.4 is 9.47 Å². The van der Waals surface area contributed by atoms with Crippen LogP contribution in [-0.2, 0) is 4.79 Å². The van der Waals surface area contributed by atoms with Crippen molar-refractivity contribution >= 4 is 12.0 Å². The Morgan fingerprint density at radius 2 is 1.71 bits per heavy atom. The van der Waals surface area contributed by atoms with Crippen molar-refractivity contribution in [3.63, 3.8) is 0 Å². The Bertz CT molecular complexity index is 477. The molecule has 0 saturated carbocycles. The third-order valence-electron chi connectivity index (χ3n) is 3.12. The lowest BCUT2D eigenvalue weighted by Gasteiger charge is -2.19. The molecule has 0 aliphatic rings. The molecule has 0 aliphatic carbocycles. The number of benzene rings is 1. The molecule has 1 aromatic rings. The second kappa shape index (κ2) is 9.06. The highest BCUT2D eigenvalue weighted by Crippen LogP contribution is 2.27. The van der Waals surface area contributed by atoms with Gasteiger partial charge in [-0.25, -0.2) is 0 Å². The fraction of sp³-hybridized carbons (Fsp3) is 0.471. The normalized spacial score (nSPS) is 10.7. The molecule has 21 heavy (non-hydrogen) atoms. The molecular formula is C17H25NO3. The minimum atomic E-state index is 0.0495. The van der Waals surface area contributed by atoms with Crippen LogP contribution in [-0.4, -0.2) is 38.1 Å². The van der Waals surface area contributed by atoms with Crippen LogP contribution in [0.3, 0.4) is 0 Å². The minimum absolute atomic E-state index is 0.0495. The maximum absolute atomic E-state index is 12.2. The van der Waals surface area contributed by atoms with Crippen molar-refractivity contribution in [1.29, 1.82) is 0 Å². The van der Waals surface area contributed by atoms with E-state index < -0.39 is 0 Å². The second-order valence-corrected chi connectivity index (χ2v) is 4.77. The van der Waals surface area contributed by atoms with Crippen molar-refractivity contribution in [2.45, 2.75) is 26.7 Å². The van der Waals surface area contributed by atoms with Gasteiger partial charge in [-0.15, -0.1) is 0 Å². The second-order valence-electron chi connectivity index (χ2n) is 4.77. The molecule has 0 radical (unpaired) electrons. The van der Waals surface area contributed by atoms with Gasteiger partial charge < -0.3 is 14.4 Å². The molecule has 0 bridgehead atoms. The Morgan fingerprint density at radius 3 is 2.24 bits per heavy atom. The van der Waals surface area contributed by atoms with Gasteiger partial charge in [-0.2, -0.15) is 0 Å². The summed E-state index contributed by atoms with van der Waals surface area (Å²) in [6.45, 7) is 5.74. The van der Waals surface area contributed by atoms with Gasteiger partial charge in [0.05, 0.1) is 14.2 Å². The van der Waals surface area contributed by atoms with Gasteiger partial charge in [-0.3, -0.25) is 4.79 Å². The monoisotopic (exact) mass is 291 g/mol. The molecule has 0 spiro atoms. The lowest BCUT2D eigenvalue weighted by Crippen LogP contribution is -2.30. The van der Waals surface area contributed by atoms with E-state index in [0.29, 0.717) is 11.5 Å². The Labute approximate surface area is 127 Å². The van der Waals surface area contributed by atoms with Crippen LogP contribution in [0.5, 0.6) is 11.5 Å². The number of hydrogen-bond donors (Lipinski definition) is 0. The third kappa shape index (κ3) is 5.14. The fourth-order valence-corrected chi connectivity index (χ4v) is 2.10. The van der Waals surface area contributed by atoms with Crippen LogP contribution in [0.15, 0.2) is 24.3 Å². The molecule has 0 atom stereocenters. The molecule has 0 aromatic heterocycles. The summed E-state index contributed by atoms with van der Waals surface area (Å²) in [5.41, 5.74) is 0.911. The molecule has 4 nitrogen and oxygen atoms in total. The van der Waals surface area contributed by atoms with Gasteiger partial charge in [-0.05, 0) is 36.6 Å². The zero-order chi connectivity index (χ0) is 15.7. The average molecular weight is 291 g/mol. The zero-order valence-corrected chi connectivity index (χ0v) is 13.4. The summed E-state index contributed by atoms with van der Waals surface area (Å²) in [6.07, 6.45) is 5.36. The van der Waals surface area contributed by atoms with Gasteiger partial charge in [0.2, 0.25) is 5.91 Å². The average Bonchev–Trinajstić information content (AvgIpc) is 2.52. The highest BCUT2D eigenvalue weighted by molar-refractivity contribution is 5.91. The van der Waals surface area contributed by atoms with Gasteiger partial charge in [0.1, 0.15) is 0 Å². The van der Waals surface area contributed by atoms with Gasteiger partial charge in [-0.1, -0.05) is 19.9 Å². The van der Waals surface area contributed by atoms with E-state index in [1.165, 1.54) is 0 Å². The van der Waals surface area contributed by atoms with Crippen molar-refractivity contribution in [2.75, 3.05) is 27.3 Å². The first kappa shape index (κ1) is 17.1. The third-order valence-corrected chi connectivity index (χ3v) is 3.12. The summed E-state index contributed by atoms with van der Waals surface area (Å²) in [6, 6.07) is 5.58. The summed E-state index contributed by atoms with van der Waals surface area (Å²) in [7, 11) is 3.20. The number of nitrogens with zero attached hydrogens (tertiary/aromatic N) is 1. The first-order valence-corrected chi connectivity index (χ1v) is 7.35. The minimum Gasteiger partial charge on any atom is -0.493 e. The van der Waals surface area contributed by atoms with Crippen LogP contribution in [0.1, 0.15) is 32.3 Å². The van der Waals surface area contributed by atoms with E-state index in [-0.39, 0.29) is 5.91 Å². The van der Waals surface area contributed by atoms with E-state index in [1.54, 1.807) is 20.3 Å². The number of carbonyl (C=O) groups is 1. The van der Waals surface area contributed by atoms with Crippen molar-refractivity contribution in [3.05, 3.63) is 29.8 Å². The number of rotatable bonds is 8. The molecular weight excluding hydrogens is 266 g/mol. The summed E-state index contributed by atoms with van der Waals surface area (Å²) in [5.74, 6) is 1.39. The Kier molecular flexibility index (Phi) is 7.37. The Hall–Kier alpha value is -1.97. The fourth-order valence-electron chi connectivity index (χ4n) is 2.10. The van der Waals surface area contributed by atoms with Crippen LogP contribution in [0.2, 0.25) is 0 Å². The Morgan fingerprint density at radius 1 is 1.10 bits per heavy atom. The number of ether oxygens (including phenoxy) is 2. The molecule has 0 saturated heterocycles. The molecule has 0 aliphatic heterocycles. The van der Waals surface area contributed by atoms with Crippen molar-refractivity contribution in [3.8, 4) is 11.5 Å². The van der Waals surface area contributed by atoms with E-state index in [0.717, 1.165) is 31.5 Å². The lowest BCUT2D eigenvalue weighted by molar-refractivity contribution is -0.126. The van der Waals surface area contributed by atoms with Gasteiger partial charge >= 0.3 is 0 Å². The molecule has 0 N–H and O–H groups in total. The molecule has 0 fully saturated rings. The van der Waals surface area contributed by atoms with E-state index in [1.807, 2.05) is 29.2 Å². The summed E-state index contributed by atoms with van der Waals surface area (Å²) >= 11 is 0. The van der Waals surface area contributed by atoms with Crippen molar-refractivity contribution < 1.29 is 14.3 Å². The molecule has 1 rings (SSSR count). The molecule has 1 aromatic carbocycles. The zero-order valence-electron chi connectivity index (χ0n) is 13.4. The first-order chi connectivity index (χ1) is 10.2. The SMILES string of the molecule is CCCN(CCC)C(=O)C=Cc1ccc(OC)c(OC)c1. The maximum atomic E-state index is 12.2. The topological polar surface area (TPSA) is 38.8 Å². The van der Waals surface area contributed by atoms with Gasteiger partial charge in [0.25, 0.3) is 0 Å². The quantitative estimate of drug-likeness (QED) is 0.689. The highest BCUT2D eigenvalue weighted by Gasteiger charge is 2.08. The smallest absolute Gasteiger partial charge is 0.246 e. The predicted molar refractivity (Wildman–Crippen MR) is 85.7 cm³/mol. The molecule has 0 unspecified atom stereocenters. The number of carbonyl (C=O) groups excluding carboxylic acids is 1. The van der Waals surface area contributed by atoms with E-state index in [2.05, 4.69) is 13.8 Å². The molecule has 0 heterocycles. The van der Waals surface area contributed by atoms with Crippen LogP contribution in [0.25, 0.3) is 6.08 Å². The first-order valence-electron chi connectivity index (χ1n) is 7.35. The van der Waals surface area contributed by atoms with E-state index in [9.17, 15) is 4.79 Å². The Balaban J connectivity index is 2.81. The largest absolute Gasteiger partial charge is 0.493 e. The summed E-state index contributed by atoms with van der Waals surface area (Å²) in [5, 5.41) is 0.